The predicted octanol–water partition coefficient (Wildman–Crippen LogP) is 0.334. The monoisotopic (exact) mass is 184 g/mol. The van der Waals surface area contributed by atoms with E-state index in [1.807, 2.05) is 0 Å². The van der Waals surface area contributed by atoms with Gasteiger partial charge in [-0.2, -0.15) is 9.97 Å². The molecule has 0 radical (unpaired) electrons. The van der Waals surface area contributed by atoms with E-state index < -0.39 is 13.4 Å². The third-order valence-corrected chi connectivity index (χ3v) is 1.42. The van der Waals surface area contributed by atoms with Crippen LogP contribution in [0.25, 0.3) is 11.2 Å². The molecule has 0 saturated heterocycles. The van der Waals surface area contributed by atoms with E-state index in [1.165, 1.54) is 6.33 Å². The van der Waals surface area contributed by atoms with E-state index in [0.717, 1.165) is 0 Å². The summed E-state index contributed by atoms with van der Waals surface area (Å²) < 4.78 is 40.6. The van der Waals surface area contributed by atoms with Crippen molar-refractivity contribution in [2.75, 3.05) is 12.3 Å². The minimum absolute atomic E-state index is 0.166. The van der Waals surface area contributed by atoms with Gasteiger partial charge in [0.1, 0.15) is 5.52 Å². The lowest BCUT2D eigenvalue weighted by molar-refractivity contribution is 0.331. The maximum Gasteiger partial charge on any atom is 0.245 e. The maximum absolute atomic E-state index is 7.36. The number of H-pyrrole nitrogens is 1. The third kappa shape index (κ3) is 1.26. The summed E-state index contributed by atoms with van der Waals surface area (Å²) in [5, 5.41) is 0. The molecule has 0 aliphatic heterocycles. The predicted molar refractivity (Wildman–Crippen MR) is 47.3 cm³/mol. The Kier molecular flexibility index (Phi) is 0.868. The minimum atomic E-state index is -2.96. The smallest absolute Gasteiger partial charge is 0.245 e. The highest BCUT2D eigenvalue weighted by Crippen LogP contribution is 2.19. The number of aromatic nitrogens is 4. The van der Waals surface area contributed by atoms with Crippen molar-refractivity contribution < 1.29 is 11.6 Å². The number of nitrogen functional groups attached to an aromatic ring is 1. The number of imidazole rings is 1. The molecule has 0 saturated carbocycles. The van der Waals surface area contributed by atoms with Crippen LogP contribution < -0.4 is 10.5 Å². The van der Waals surface area contributed by atoms with Crippen LogP contribution in [0.2, 0.25) is 0 Å². The van der Waals surface area contributed by atoms with E-state index in [9.17, 15) is 0 Å². The van der Waals surface area contributed by atoms with E-state index in [-0.39, 0.29) is 23.0 Å². The van der Waals surface area contributed by atoms with Gasteiger partial charge < -0.3 is 15.5 Å². The van der Waals surface area contributed by atoms with E-state index in [2.05, 4.69) is 19.9 Å². The number of fused-ring (bicyclic) bond motifs is 1. The van der Waals surface area contributed by atoms with Gasteiger partial charge in [-0.15, -0.1) is 0 Å². The molecule has 0 aliphatic carbocycles. The normalized spacial score (nSPS) is 18.3. The highest BCUT2D eigenvalue weighted by molar-refractivity contribution is 5.76. The Labute approximate surface area is 81.2 Å². The first-order valence-electron chi connectivity index (χ1n) is 5.86. The van der Waals surface area contributed by atoms with E-state index in [4.69, 9.17) is 17.3 Å². The summed E-state index contributed by atoms with van der Waals surface area (Å²) in [5.41, 5.74) is 5.74. The summed E-state index contributed by atoms with van der Waals surface area (Å²) in [7, 11) is 0. The van der Waals surface area contributed by atoms with Gasteiger partial charge in [-0.05, 0) is 6.85 Å². The Balaban J connectivity index is 2.46. The quantitative estimate of drug-likeness (QED) is 0.702. The molecule has 13 heavy (non-hydrogen) atoms. The number of hydrogen-bond acceptors (Lipinski definition) is 5. The molecule has 2 aromatic rings. The number of rotatable bonds is 2. The zero-order valence-electron chi connectivity index (χ0n) is 11.4. The summed E-state index contributed by atoms with van der Waals surface area (Å²) in [5.74, 6) is -0.484. The molecule has 2 heterocycles. The average Bonchev–Trinajstić information content (AvgIpc) is 2.62. The van der Waals surface area contributed by atoms with Crippen molar-refractivity contribution in [3.63, 3.8) is 0 Å². The topological polar surface area (TPSA) is 89.7 Å². The van der Waals surface area contributed by atoms with Crippen molar-refractivity contribution in [2.24, 2.45) is 0 Å². The summed E-state index contributed by atoms with van der Waals surface area (Å²) >= 11 is 0. The van der Waals surface area contributed by atoms with Crippen LogP contribution in [0.5, 0.6) is 5.88 Å². The fourth-order valence-corrected chi connectivity index (χ4v) is 0.945. The van der Waals surface area contributed by atoms with Gasteiger partial charge in [0.05, 0.1) is 15.6 Å². The molecule has 2 aromatic heterocycles. The van der Waals surface area contributed by atoms with Crippen LogP contribution in [0.3, 0.4) is 0 Å². The zero-order valence-corrected chi connectivity index (χ0v) is 6.40. The summed E-state index contributed by atoms with van der Waals surface area (Å²) in [6.07, 6.45) is 1.29. The molecular weight excluding hydrogens is 170 g/mol. The number of nitrogens with zero attached hydrogens (tertiary/aromatic N) is 3. The van der Waals surface area contributed by atoms with E-state index in [0.29, 0.717) is 0 Å². The Bertz CT molecular complexity index is 579. The van der Waals surface area contributed by atoms with Crippen molar-refractivity contribution in [2.45, 2.75) is 6.85 Å². The lowest BCUT2D eigenvalue weighted by Crippen LogP contribution is -2.01. The minimum Gasteiger partial charge on any atom is -0.476 e. The first-order chi connectivity index (χ1) is 8.21. The van der Waals surface area contributed by atoms with E-state index >= 15 is 0 Å². The Morgan fingerprint density at radius 3 is 3.54 bits per heavy atom. The molecule has 0 spiro atoms. The Morgan fingerprint density at radius 1 is 1.77 bits per heavy atom. The Morgan fingerprint density at radius 2 is 2.69 bits per heavy atom. The van der Waals surface area contributed by atoms with Gasteiger partial charge in [-0.3, -0.25) is 0 Å². The van der Waals surface area contributed by atoms with Gasteiger partial charge in [0.25, 0.3) is 0 Å². The number of nitrogens with one attached hydrogen (secondary N) is 1. The number of ether oxygens (including phenoxy) is 1. The molecule has 2 rings (SSSR count). The van der Waals surface area contributed by atoms with Crippen molar-refractivity contribution in [3.8, 4) is 5.88 Å². The second-order valence-electron chi connectivity index (χ2n) is 2.19. The van der Waals surface area contributed by atoms with Gasteiger partial charge in [-0.25, -0.2) is 4.98 Å². The molecule has 6 nitrogen and oxygen atoms in total. The number of hydrogen-bond donors (Lipinski definition) is 2. The summed E-state index contributed by atoms with van der Waals surface area (Å²) in [6.45, 7) is -5.86. The lowest BCUT2D eigenvalue weighted by Gasteiger charge is -2.02. The third-order valence-electron chi connectivity index (χ3n) is 1.42. The van der Waals surface area contributed by atoms with Crippen molar-refractivity contribution in [1.82, 2.24) is 19.9 Å². The standard InChI is InChI=1S/C7H9N5O/c1-2-13-6-4-5(10-3-9-4)11-7(8)12-6/h3H,2H2,1H3,(H3,8,9,10,11,12)/i1D3,2D2. The number of aromatic amines is 1. The largest absolute Gasteiger partial charge is 0.476 e. The second kappa shape index (κ2) is 2.89. The van der Waals surface area contributed by atoms with Gasteiger partial charge in [0, 0.05) is 4.11 Å². The highest BCUT2D eigenvalue weighted by atomic mass is 16.5. The summed E-state index contributed by atoms with van der Waals surface area (Å²) in [4.78, 5) is 13.9. The van der Waals surface area contributed by atoms with Crippen molar-refractivity contribution in [3.05, 3.63) is 6.33 Å². The van der Waals surface area contributed by atoms with Crippen LogP contribution in [0.15, 0.2) is 6.33 Å². The molecule has 0 fully saturated rings. The maximum atomic E-state index is 7.36. The second-order valence-corrected chi connectivity index (χ2v) is 2.19. The molecule has 3 N–H and O–H groups in total. The van der Waals surface area contributed by atoms with E-state index in [1.54, 1.807) is 0 Å². The van der Waals surface area contributed by atoms with Gasteiger partial charge in [-0.1, -0.05) is 0 Å². The summed E-state index contributed by atoms with van der Waals surface area (Å²) in [6, 6.07) is 0. The van der Waals surface area contributed by atoms with Crippen molar-refractivity contribution in [1.29, 1.82) is 0 Å². The van der Waals surface area contributed by atoms with Crippen LogP contribution in [0, 0.1) is 0 Å². The highest BCUT2D eigenvalue weighted by Gasteiger charge is 2.08. The first kappa shape index (κ1) is 3.91. The van der Waals surface area contributed by atoms with Crippen LogP contribution in [-0.2, 0) is 0 Å². The lowest BCUT2D eigenvalue weighted by atomic mass is 10.5. The first-order valence-corrected chi connectivity index (χ1v) is 3.36. The number of nitrogens with two attached hydrogens (primary N) is 1. The van der Waals surface area contributed by atoms with Crippen molar-refractivity contribution >= 4 is 17.1 Å². The van der Waals surface area contributed by atoms with Gasteiger partial charge in [0.15, 0.2) is 5.65 Å². The molecule has 68 valence electrons. The molecule has 0 amide bonds. The SMILES string of the molecule is [2H]C([2H])([2H])C([2H])([2H])Oc1nc(N)nc2nc[nH]c12. The molecule has 0 atom stereocenters. The number of anilines is 1. The average molecular weight is 184 g/mol. The molecule has 6 heteroatoms. The van der Waals surface area contributed by atoms with Crippen LogP contribution in [-0.4, -0.2) is 26.5 Å². The van der Waals surface area contributed by atoms with Crippen LogP contribution >= 0.6 is 0 Å². The van der Waals surface area contributed by atoms with Crippen LogP contribution in [0.1, 0.15) is 13.7 Å². The molecule has 0 aliphatic rings. The Hall–Kier alpha value is -1.85. The molecular formula is C7H9N5O. The van der Waals surface area contributed by atoms with Crippen LogP contribution in [0.4, 0.5) is 5.95 Å². The fourth-order valence-electron chi connectivity index (χ4n) is 0.945. The fraction of sp³-hybridized carbons (Fsp3) is 0.286. The molecule has 0 bridgehead atoms. The van der Waals surface area contributed by atoms with Gasteiger partial charge >= 0.3 is 0 Å². The molecule has 0 aromatic carbocycles. The zero-order chi connectivity index (χ0) is 13.6. The van der Waals surface area contributed by atoms with Gasteiger partial charge in [0.2, 0.25) is 11.8 Å². The molecule has 0 unspecified atom stereocenters.